The molecule has 6 nitrogen and oxygen atoms in total. The normalized spacial score (nSPS) is 9.48. The lowest BCUT2D eigenvalue weighted by atomic mass is 10.2. The molecule has 0 unspecified atom stereocenters. The number of rotatable bonds is 4. The van der Waals surface area contributed by atoms with Crippen molar-refractivity contribution in [1.29, 1.82) is 0 Å². The van der Waals surface area contributed by atoms with Crippen LogP contribution in [0.2, 0.25) is 0 Å². The van der Waals surface area contributed by atoms with E-state index in [1.165, 1.54) is 27.4 Å². The van der Waals surface area contributed by atoms with Gasteiger partial charge >= 0.3 is 11.9 Å². The molecule has 0 saturated heterocycles. The van der Waals surface area contributed by atoms with Crippen molar-refractivity contribution in [1.82, 2.24) is 0 Å². The third-order valence-electron chi connectivity index (χ3n) is 2.96. The Balaban J connectivity index is 0.000000251. The van der Waals surface area contributed by atoms with Crippen LogP contribution in [0.1, 0.15) is 20.7 Å². The number of ether oxygens (including phenoxy) is 3. The Morgan fingerprint density at radius 2 is 1.28 bits per heavy atom. The number of hydrogen-bond donors (Lipinski definition) is 1. The number of carbonyl (C=O) groups excluding carboxylic acids is 1. The average molecular weight is 570 g/mol. The number of methoxy groups -OCH3 is 3. The Morgan fingerprint density at radius 3 is 1.68 bits per heavy atom. The molecule has 0 fully saturated rings. The number of carbonyl (C=O) groups is 2. The fraction of sp³-hybridized carbons (Fsp3) is 0.176. The number of carboxylic acids is 1. The molecule has 8 heteroatoms. The summed E-state index contributed by atoms with van der Waals surface area (Å²) in [6.07, 6.45) is 0. The number of aromatic carboxylic acids is 1. The molecule has 2 rings (SSSR count). The third-order valence-corrected chi connectivity index (χ3v) is 4.30. The van der Waals surface area contributed by atoms with Gasteiger partial charge in [-0.05, 0) is 81.6 Å². The summed E-state index contributed by atoms with van der Waals surface area (Å²) in [5.41, 5.74) is 0.642. The lowest BCUT2D eigenvalue weighted by Crippen LogP contribution is -2.03. The van der Waals surface area contributed by atoms with Crippen molar-refractivity contribution in [2.24, 2.45) is 0 Å². The number of halogens is 2. The summed E-state index contributed by atoms with van der Waals surface area (Å²) in [6.45, 7) is 0. The van der Waals surface area contributed by atoms with Gasteiger partial charge in [-0.25, -0.2) is 9.59 Å². The molecule has 0 saturated carbocycles. The van der Waals surface area contributed by atoms with Crippen LogP contribution >= 0.6 is 45.2 Å². The van der Waals surface area contributed by atoms with Crippen molar-refractivity contribution in [2.75, 3.05) is 21.3 Å². The van der Waals surface area contributed by atoms with Crippen LogP contribution in [0.4, 0.5) is 0 Å². The third kappa shape index (κ3) is 6.34. The van der Waals surface area contributed by atoms with E-state index in [0.29, 0.717) is 17.1 Å². The van der Waals surface area contributed by atoms with Crippen molar-refractivity contribution >= 4 is 57.1 Å². The monoisotopic (exact) mass is 570 g/mol. The first kappa shape index (κ1) is 21.5. The van der Waals surface area contributed by atoms with Crippen LogP contribution < -0.4 is 9.47 Å². The molecule has 134 valence electrons. The van der Waals surface area contributed by atoms with Crippen molar-refractivity contribution in [3.8, 4) is 11.5 Å². The Kier molecular flexibility index (Phi) is 8.97. The minimum absolute atomic E-state index is 0.193. The largest absolute Gasteiger partial charge is 0.496 e. The minimum atomic E-state index is -0.969. The lowest BCUT2D eigenvalue weighted by Gasteiger charge is -2.06. The van der Waals surface area contributed by atoms with Crippen LogP contribution in [0, 0.1) is 7.14 Å². The van der Waals surface area contributed by atoms with Gasteiger partial charge in [0.1, 0.15) is 22.6 Å². The molecule has 0 spiro atoms. The summed E-state index contributed by atoms with van der Waals surface area (Å²) in [5, 5.41) is 8.71. The van der Waals surface area contributed by atoms with Crippen molar-refractivity contribution < 1.29 is 28.9 Å². The summed E-state index contributed by atoms with van der Waals surface area (Å²) in [5.74, 6) is -0.412. The van der Waals surface area contributed by atoms with Gasteiger partial charge in [0.2, 0.25) is 0 Å². The SMILES string of the molecule is COC(=O)c1ccc(I)cc1OC.COc1cc(I)ccc1C(=O)O. The molecule has 0 radical (unpaired) electrons. The average Bonchev–Trinajstić information content (AvgIpc) is 2.60. The minimum Gasteiger partial charge on any atom is -0.496 e. The van der Waals surface area contributed by atoms with Gasteiger partial charge in [0.25, 0.3) is 0 Å². The van der Waals surface area contributed by atoms with Crippen LogP contribution in [-0.2, 0) is 4.74 Å². The topological polar surface area (TPSA) is 82.1 Å². The predicted molar refractivity (Wildman–Crippen MR) is 110 cm³/mol. The van der Waals surface area contributed by atoms with E-state index >= 15 is 0 Å². The maximum absolute atomic E-state index is 11.2. The molecule has 0 aromatic heterocycles. The second-order valence-electron chi connectivity index (χ2n) is 4.49. The van der Waals surface area contributed by atoms with E-state index in [-0.39, 0.29) is 11.5 Å². The number of benzene rings is 2. The van der Waals surface area contributed by atoms with E-state index in [2.05, 4.69) is 49.9 Å². The standard InChI is InChI=1S/C9H9IO3.C8H7IO3/c1-12-8-5-6(10)3-4-7(8)9(11)13-2;1-12-7-4-5(9)2-3-6(7)8(10)11/h3-5H,1-2H3;2-4H,1H3,(H,10,11). The molecular formula is C17H16I2O6. The lowest BCUT2D eigenvalue weighted by molar-refractivity contribution is 0.0596. The van der Waals surface area contributed by atoms with E-state index in [4.69, 9.17) is 14.6 Å². The summed E-state index contributed by atoms with van der Waals surface area (Å²) in [7, 11) is 4.33. The smallest absolute Gasteiger partial charge is 0.341 e. The van der Waals surface area contributed by atoms with Crippen LogP contribution in [0.15, 0.2) is 36.4 Å². The summed E-state index contributed by atoms with van der Waals surface area (Å²) in [4.78, 5) is 21.8. The number of hydrogen-bond acceptors (Lipinski definition) is 5. The molecule has 2 aromatic carbocycles. The zero-order chi connectivity index (χ0) is 19.0. The number of carboxylic acid groups (broad SMARTS) is 1. The molecule has 1 N–H and O–H groups in total. The second kappa shape index (κ2) is 10.4. The molecule has 0 amide bonds. The fourth-order valence-corrected chi connectivity index (χ4v) is 2.71. The highest BCUT2D eigenvalue weighted by molar-refractivity contribution is 14.1. The highest BCUT2D eigenvalue weighted by Gasteiger charge is 2.12. The van der Waals surface area contributed by atoms with Crippen LogP contribution in [0.3, 0.4) is 0 Å². The highest BCUT2D eigenvalue weighted by atomic mass is 127. The quantitative estimate of drug-likeness (QED) is 0.441. The Hall–Kier alpha value is -1.56. The van der Waals surface area contributed by atoms with Crippen LogP contribution in [-0.4, -0.2) is 38.4 Å². The molecule has 0 heterocycles. The Labute approximate surface area is 172 Å². The zero-order valence-corrected chi connectivity index (χ0v) is 18.0. The maximum atomic E-state index is 11.2. The van der Waals surface area contributed by atoms with E-state index in [1.54, 1.807) is 24.3 Å². The second-order valence-corrected chi connectivity index (χ2v) is 6.98. The first-order valence-corrected chi connectivity index (χ1v) is 8.98. The maximum Gasteiger partial charge on any atom is 0.341 e. The molecule has 0 aliphatic carbocycles. The van der Waals surface area contributed by atoms with Gasteiger partial charge in [-0.3, -0.25) is 0 Å². The molecule has 0 atom stereocenters. The molecule has 2 aromatic rings. The van der Waals surface area contributed by atoms with E-state index in [0.717, 1.165) is 7.14 Å². The highest BCUT2D eigenvalue weighted by Crippen LogP contribution is 2.22. The van der Waals surface area contributed by atoms with E-state index < -0.39 is 5.97 Å². The van der Waals surface area contributed by atoms with Crippen LogP contribution in [0.25, 0.3) is 0 Å². The molecule has 0 bridgehead atoms. The van der Waals surface area contributed by atoms with Gasteiger partial charge in [-0.2, -0.15) is 0 Å². The van der Waals surface area contributed by atoms with Gasteiger partial charge in [-0.1, -0.05) is 0 Å². The van der Waals surface area contributed by atoms with Crippen molar-refractivity contribution in [3.05, 3.63) is 54.7 Å². The molecular weight excluding hydrogens is 554 g/mol. The number of esters is 1. The van der Waals surface area contributed by atoms with Gasteiger partial charge < -0.3 is 19.3 Å². The fourth-order valence-electron chi connectivity index (χ4n) is 1.79. The van der Waals surface area contributed by atoms with E-state index in [1.807, 2.05) is 6.07 Å². The summed E-state index contributed by atoms with van der Waals surface area (Å²) < 4.78 is 16.5. The predicted octanol–water partition coefficient (Wildman–Crippen LogP) is 4.08. The summed E-state index contributed by atoms with van der Waals surface area (Å²) in [6, 6.07) is 10.2. The van der Waals surface area contributed by atoms with Gasteiger partial charge in [0, 0.05) is 7.14 Å². The molecule has 25 heavy (non-hydrogen) atoms. The van der Waals surface area contributed by atoms with Gasteiger partial charge in [-0.15, -0.1) is 0 Å². The molecule has 0 aliphatic rings. The van der Waals surface area contributed by atoms with Crippen LogP contribution in [0.5, 0.6) is 11.5 Å². The first-order chi connectivity index (χ1) is 11.8. The summed E-state index contributed by atoms with van der Waals surface area (Å²) >= 11 is 4.24. The Bertz CT molecular complexity index is 761. The van der Waals surface area contributed by atoms with E-state index in [9.17, 15) is 9.59 Å². The van der Waals surface area contributed by atoms with Crippen molar-refractivity contribution in [2.45, 2.75) is 0 Å². The van der Waals surface area contributed by atoms with Gasteiger partial charge in [0.15, 0.2) is 0 Å². The Morgan fingerprint density at radius 1 is 0.840 bits per heavy atom. The van der Waals surface area contributed by atoms with Gasteiger partial charge in [0.05, 0.1) is 21.3 Å². The first-order valence-electron chi connectivity index (χ1n) is 6.82. The molecule has 0 aliphatic heterocycles. The zero-order valence-electron chi connectivity index (χ0n) is 13.7. The van der Waals surface area contributed by atoms with Crippen molar-refractivity contribution in [3.63, 3.8) is 0 Å².